The summed E-state index contributed by atoms with van der Waals surface area (Å²) in [6.07, 6.45) is 4.59. The van der Waals surface area contributed by atoms with Crippen molar-refractivity contribution < 1.29 is 0 Å². The van der Waals surface area contributed by atoms with Crippen molar-refractivity contribution >= 4 is 5.84 Å². The molecular formula is C12H27N3. The molecule has 0 spiro atoms. The van der Waals surface area contributed by atoms with Crippen LogP contribution in [0.4, 0.5) is 0 Å². The first-order chi connectivity index (χ1) is 6.90. The molecule has 0 aromatic rings. The molecule has 0 aromatic heterocycles. The summed E-state index contributed by atoms with van der Waals surface area (Å²) >= 11 is 0. The number of nitrogens with two attached hydrogens (primary N) is 1. The summed E-state index contributed by atoms with van der Waals surface area (Å²) in [4.78, 5) is 2.36. The van der Waals surface area contributed by atoms with Gasteiger partial charge in [0.15, 0.2) is 0 Å². The highest BCUT2D eigenvalue weighted by Crippen LogP contribution is 2.22. The SMILES string of the molecule is CCCN(C)CCCCC(C)(C)C(=N)N. The predicted octanol–water partition coefficient (Wildman–Crippen LogP) is 2.46. The fraction of sp³-hybridized carbons (Fsp3) is 0.917. The molecule has 0 aliphatic heterocycles. The van der Waals surface area contributed by atoms with Gasteiger partial charge in [-0.1, -0.05) is 27.2 Å². The molecule has 0 aliphatic rings. The first-order valence-electron chi connectivity index (χ1n) is 5.93. The lowest BCUT2D eigenvalue weighted by Crippen LogP contribution is -2.31. The van der Waals surface area contributed by atoms with Gasteiger partial charge >= 0.3 is 0 Å². The number of nitrogens with one attached hydrogen (secondary N) is 1. The van der Waals surface area contributed by atoms with Crippen molar-refractivity contribution in [3.63, 3.8) is 0 Å². The molecule has 0 heterocycles. The van der Waals surface area contributed by atoms with Crippen molar-refractivity contribution in [3.05, 3.63) is 0 Å². The molecule has 15 heavy (non-hydrogen) atoms. The molecule has 0 radical (unpaired) electrons. The van der Waals surface area contributed by atoms with Crippen molar-refractivity contribution in [2.45, 2.75) is 46.5 Å². The average Bonchev–Trinajstić information content (AvgIpc) is 2.13. The first kappa shape index (κ1) is 14.4. The number of unbranched alkanes of at least 4 members (excludes halogenated alkanes) is 1. The van der Waals surface area contributed by atoms with E-state index in [0.29, 0.717) is 5.84 Å². The molecule has 0 rings (SSSR count). The van der Waals surface area contributed by atoms with Crippen molar-refractivity contribution in [2.75, 3.05) is 20.1 Å². The molecule has 0 unspecified atom stereocenters. The van der Waals surface area contributed by atoms with Crippen LogP contribution in [0, 0.1) is 10.8 Å². The van der Waals surface area contributed by atoms with Gasteiger partial charge in [-0.05, 0) is 39.4 Å². The summed E-state index contributed by atoms with van der Waals surface area (Å²) in [5.74, 6) is 0.310. The lowest BCUT2D eigenvalue weighted by molar-refractivity contribution is 0.316. The Bertz CT molecular complexity index is 187. The third-order valence-corrected chi connectivity index (χ3v) is 2.93. The first-order valence-corrected chi connectivity index (χ1v) is 5.93. The highest BCUT2D eigenvalue weighted by Gasteiger charge is 2.20. The summed E-state index contributed by atoms with van der Waals surface area (Å²) < 4.78 is 0. The van der Waals surface area contributed by atoms with E-state index in [1.54, 1.807) is 0 Å². The molecule has 0 aromatic carbocycles. The van der Waals surface area contributed by atoms with Crippen LogP contribution in [-0.4, -0.2) is 30.9 Å². The van der Waals surface area contributed by atoms with Crippen LogP contribution in [0.25, 0.3) is 0 Å². The molecule has 90 valence electrons. The molecule has 0 atom stereocenters. The van der Waals surface area contributed by atoms with E-state index in [9.17, 15) is 0 Å². The Labute approximate surface area is 94.5 Å². The monoisotopic (exact) mass is 213 g/mol. The van der Waals surface area contributed by atoms with E-state index < -0.39 is 0 Å². The summed E-state index contributed by atoms with van der Waals surface area (Å²) in [7, 11) is 2.17. The van der Waals surface area contributed by atoms with Gasteiger partial charge in [0.05, 0.1) is 5.84 Å². The Kier molecular flexibility index (Phi) is 6.57. The molecule has 0 bridgehead atoms. The smallest absolute Gasteiger partial charge is 0.0963 e. The zero-order chi connectivity index (χ0) is 11.9. The van der Waals surface area contributed by atoms with Crippen LogP contribution in [-0.2, 0) is 0 Å². The van der Waals surface area contributed by atoms with Crippen molar-refractivity contribution in [2.24, 2.45) is 11.1 Å². The van der Waals surface area contributed by atoms with E-state index in [1.807, 2.05) is 13.8 Å². The molecule has 0 aliphatic carbocycles. The Hall–Kier alpha value is -0.570. The highest BCUT2D eigenvalue weighted by atomic mass is 15.1. The largest absolute Gasteiger partial charge is 0.387 e. The molecule has 0 saturated heterocycles. The Morgan fingerprint density at radius 3 is 2.33 bits per heavy atom. The number of rotatable bonds is 8. The highest BCUT2D eigenvalue weighted by molar-refractivity contribution is 5.82. The fourth-order valence-corrected chi connectivity index (χ4v) is 1.58. The van der Waals surface area contributed by atoms with Crippen LogP contribution < -0.4 is 5.73 Å². The van der Waals surface area contributed by atoms with E-state index >= 15 is 0 Å². The van der Waals surface area contributed by atoms with Gasteiger partial charge in [0.2, 0.25) is 0 Å². The number of hydrogen-bond acceptors (Lipinski definition) is 2. The maximum Gasteiger partial charge on any atom is 0.0963 e. The second-order valence-corrected chi connectivity index (χ2v) is 5.06. The Morgan fingerprint density at radius 2 is 1.87 bits per heavy atom. The normalized spacial score (nSPS) is 12.1. The molecular weight excluding hydrogens is 186 g/mol. The van der Waals surface area contributed by atoms with Crippen LogP contribution in [0.2, 0.25) is 0 Å². The lowest BCUT2D eigenvalue weighted by atomic mass is 9.86. The molecule has 0 saturated carbocycles. The number of amidine groups is 1. The Balaban J connectivity index is 3.58. The third kappa shape index (κ3) is 6.50. The van der Waals surface area contributed by atoms with Gasteiger partial charge in [-0.2, -0.15) is 0 Å². The minimum Gasteiger partial charge on any atom is -0.387 e. The topological polar surface area (TPSA) is 53.1 Å². The summed E-state index contributed by atoms with van der Waals surface area (Å²) in [5, 5.41) is 7.45. The fourth-order valence-electron chi connectivity index (χ4n) is 1.58. The van der Waals surface area contributed by atoms with Gasteiger partial charge in [-0.3, -0.25) is 5.41 Å². The molecule has 0 fully saturated rings. The minimum absolute atomic E-state index is 0.122. The van der Waals surface area contributed by atoms with Gasteiger partial charge in [0, 0.05) is 5.41 Å². The summed E-state index contributed by atoms with van der Waals surface area (Å²) in [5.41, 5.74) is 5.41. The van der Waals surface area contributed by atoms with Gasteiger partial charge < -0.3 is 10.6 Å². The quantitative estimate of drug-likeness (QED) is 0.370. The number of nitrogens with zero attached hydrogens (tertiary/aromatic N) is 1. The van der Waals surface area contributed by atoms with Gasteiger partial charge in [0.1, 0.15) is 0 Å². The van der Waals surface area contributed by atoms with E-state index in [4.69, 9.17) is 11.1 Å². The lowest BCUT2D eigenvalue weighted by Gasteiger charge is -2.23. The zero-order valence-electron chi connectivity index (χ0n) is 10.8. The van der Waals surface area contributed by atoms with Gasteiger partial charge in [0.25, 0.3) is 0 Å². The second kappa shape index (κ2) is 6.83. The maximum absolute atomic E-state index is 7.45. The van der Waals surface area contributed by atoms with E-state index in [1.165, 1.54) is 19.4 Å². The van der Waals surface area contributed by atoms with Crippen molar-refractivity contribution in [1.29, 1.82) is 5.41 Å². The van der Waals surface area contributed by atoms with E-state index in [-0.39, 0.29) is 5.41 Å². The van der Waals surface area contributed by atoms with Crippen LogP contribution in [0.5, 0.6) is 0 Å². The third-order valence-electron chi connectivity index (χ3n) is 2.93. The van der Waals surface area contributed by atoms with Crippen molar-refractivity contribution in [3.8, 4) is 0 Å². The predicted molar refractivity (Wildman–Crippen MR) is 67.3 cm³/mol. The van der Waals surface area contributed by atoms with Crippen LogP contribution >= 0.6 is 0 Å². The van der Waals surface area contributed by atoms with Crippen LogP contribution in [0.15, 0.2) is 0 Å². The Morgan fingerprint density at radius 1 is 1.27 bits per heavy atom. The standard InChI is InChI=1S/C12H27N3/c1-5-9-15(4)10-7-6-8-12(2,3)11(13)14/h5-10H2,1-4H3,(H3,13,14). The van der Waals surface area contributed by atoms with Crippen LogP contribution in [0.1, 0.15) is 46.5 Å². The molecule has 3 heteroatoms. The number of hydrogen-bond donors (Lipinski definition) is 2. The second-order valence-electron chi connectivity index (χ2n) is 5.06. The minimum atomic E-state index is -0.122. The van der Waals surface area contributed by atoms with Gasteiger partial charge in [-0.15, -0.1) is 0 Å². The zero-order valence-corrected chi connectivity index (χ0v) is 10.8. The summed E-state index contributed by atoms with van der Waals surface area (Å²) in [6, 6.07) is 0. The maximum atomic E-state index is 7.45. The average molecular weight is 213 g/mol. The van der Waals surface area contributed by atoms with Crippen LogP contribution in [0.3, 0.4) is 0 Å². The van der Waals surface area contributed by atoms with E-state index in [2.05, 4.69) is 18.9 Å². The summed E-state index contributed by atoms with van der Waals surface area (Å²) in [6.45, 7) is 8.63. The van der Waals surface area contributed by atoms with Gasteiger partial charge in [-0.25, -0.2) is 0 Å². The molecule has 3 nitrogen and oxygen atoms in total. The molecule has 0 amide bonds. The molecule has 3 N–H and O–H groups in total. The van der Waals surface area contributed by atoms with Crippen molar-refractivity contribution in [1.82, 2.24) is 4.90 Å². The van der Waals surface area contributed by atoms with E-state index in [0.717, 1.165) is 19.4 Å².